The van der Waals surface area contributed by atoms with Gasteiger partial charge in [0.15, 0.2) is 0 Å². The SMILES string of the molecule is CN1C(=O)[C@@H]2c3c(cccc31)[C@@H]1C(=O)[C@@H](CCC1(C)C)C2(C)C. The van der Waals surface area contributed by atoms with Crippen molar-refractivity contribution in [2.75, 3.05) is 11.9 Å². The minimum absolute atomic E-state index is 0.0266. The van der Waals surface area contributed by atoms with Gasteiger partial charge in [0.1, 0.15) is 5.78 Å². The molecule has 0 spiro atoms. The van der Waals surface area contributed by atoms with E-state index in [1.54, 1.807) is 4.90 Å². The first kappa shape index (κ1) is 14.9. The minimum Gasteiger partial charge on any atom is -0.315 e. The predicted octanol–water partition coefficient (Wildman–Crippen LogP) is 3.88. The van der Waals surface area contributed by atoms with Crippen LogP contribution in [0.15, 0.2) is 18.2 Å². The highest BCUT2D eigenvalue weighted by molar-refractivity contribution is 6.08. The van der Waals surface area contributed by atoms with Gasteiger partial charge in [0, 0.05) is 24.6 Å². The normalized spacial score (nSPS) is 33.4. The molecule has 1 amide bonds. The molecule has 0 N–H and O–H groups in total. The van der Waals surface area contributed by atoms with Gasteiger partial charge in [-0.1, -0.05) is 39.8 Å². The fourth-order valence-electron chi connectivity index (χ4n) is 5.46. The third-order valence-corrected chi connectivity index (χ3v) is 6.78. The van der Waals surface area contributed by atoms with Crippen molar-refractivity contribution in [1.29, 1.82) is 0 Å². The highest BCUT2D eigenvalue weighted by atomic mass is 16.2. The maximum Gasteiger partial charge on any atom is 0.234 e. The van der Waals surface area contributed by atoms with Gasteiger partial charge in [0.2, 0.25) is 5.91 Å². The van der Waals surface area contributed by atoms with Gasteiger partial charge < -0.3 is 4.90 Å². The lowest BCUT2D eigenvalue weighted by molar-refractivity contribution is -0.136. The lowest BCUT2D eigenvalue weighted by Crippen LogP contribution is -2.45. The van der Waals surface area contributed by atoms with Gasteiger partial charge in [-0.2, -0.15) is 0 Å². The Labute approximate surface area is 138 Å². The average molecular weight is 311 g/mol. The second-order valence-corrected chi connectivity index (χ2v) is 8.85. The summed E-state index contributed by atoms with van der Waals surface area (Å²) >= 11 is 0. The number of benzene rings is 1. The first-order valence-electron chi connectivity index (χ1n) is 8.62. The van der Waals surface area contributed by atoms with Gasteiger partial charge in [-0.15, -0.1) is 0 Å². The largest absolute Gasteiger partial charge is 0.315 e. The maximum absolute atomic E-state index is 13.4. The molecule has 1 aliphatic heterocycles. The molecule has 3 heteroatoms. The summed E-state index contributed by atoms with van der Waals surface area (Å²) in [5.41, 5.74) is 2.87. The summed E-state index contributed by atoms with van der Waals surface area (Å²) in [5.74, 6) is 0.202. The van der Waals surface area contributed by atoms with E-state index in [9.17, 15) is 9.59 Å². The quantitative estimate of drug-likeness (QED) is 0.729. The zero-order chi connectivity index (χ0) is 16.7. The van der Waals surface area contributed by atoms with Crippen LogP contribution in [-0.4, -0.2) is 18.7 Å². The van der Waals surface area contributed by atoms with Crippen LogP contribution >= 0.6 is 0 Å². The molecular formula is C20H25NO2. The van der Waals surface area contributed by atoms with E-state index >= 15 is 0 Å². The smallest absolute Gasteiger partial charge is 0.234 e. The van der Waals surface area contributed by atoms with Crippen molar-refractivity contribution in [1.82, 2.24) is 0 Å². The summed E-state index contributed by atoms with van der Waals surface area (Å²) in [6.07, 6.45) is 1.93. The molecular weight excluding hydrogens is 286 g/mol. The van der Waals surface area contributed by atoms with Crippen LogP contribution in [0.25, 0.3) is 0 Å². The van der Waals surface area contributed by atoms with Crippen LogP contribution in [0.4, 0.5) is 5.69 Å². The van der Waals surface area contributed by atoms with E-state index in [1.165, 1.54) is 0 Å². The number of ketones is 1. The van der Waals surface area contributed by atoms with Crippen molar-refractivity contribution >= 4 is 17.4 Å². The maximum atomic E-state index is 13.4. The zero-order valence-electron chi connectivity index (χ0n) is 14.6. The highest BCUT2D eigenvalue weighted by Crippen LogP contribution is 2.62. The summed E-state index contributed by atoms with van der Waals surface area (Å²) in [4.78, 5) is 28.2. The lowest BCUT2D eigenvalue weighted by Gasteiger charge is -2.44. The first-order chi connectivity index (χ1) is 10.7. The second-order valence-electron chi connectivity index (χ2n) is 8.85. The number of carbonyl (C=O) groups is 2. The Morgan fingerprint density at radius 2 is 1.78 bits per heavy atom. The Hall–Kier alpha value is -1.64. The van der Waals surface area contributed by atoms with Crippen LogP contribution < -0.4 is 4.90 Å². The van der Waals surface area contributed by atoms with Crippen molar-refractivity contribution in [2.45, 2.75) is 52.4 Å². The Balaban J connectivity index is 2.08. The number of amides is 1. The molecule has 1 aromatic rings. The van der Waals surface area contributed by atoms with Crippen LogP contribution in [0.2, 0.25) is 0 Å². The van der Waals surface area contributed by atoms with E-state index in [4.69, 9.17) is 0 Å². The molecule has 1 fully saturated rings. The molecule has 23 heavy (non-hydrogen) atoms. The monoisotopic (exact) mass is 311 g/mol. The predicted molar refractivity (Wildman–Crippen MR) is 90.6 cm³/mol. The Morgan fingerprint density at radius 1 is 1.09 bits per heavy atom. The molecule has 1 heterocycles. The fourth-order valence-corrected chi connectivity index (χ4v) is 5.46. The van der Waals surface area contributed by atoms with E-state index < -0.39 is 0 Å². The van der Waals surface area contributed by atoms with E-state index in [0.29, 0.717) is 5.78 Å². The number of anilines is 1. The molecule has 0 radical (unpaired) electrons. The van der Waals surface area contributed by atoms with Gasteiger partial charge in [0.05, 0.1) is 5.92 Å². The van der Waals surface area contributed by atoms with Crippen LogP contribution in [0.1, 0.15) is 63.5 Å². The van der Waals surface area contributed by atoms with Gasteiger partial charge >= 0.3 is 0 Å². The molecule has 3 aliphatic rings. The topological polar surface area (TPSA) is 37.4 Å². The Morgan fingerprint density at radius 3 is 2.48 bits per heavy atom. The fraction of sp³-hybridized carbons (Fsp3) is 0.600. The molecule has 0 unspecified atom stereocenters. The number of hydrogen-bond acceptors (Lipinski definition) is 2. The molecule has 3 atom stereocenters. The van der Waals surface area contributed by atoms with Gasteiger partial charge in [-0.3, -0.25) is 9.59 Å². The third-order valence-electron chi connectivity index (χ3n) is 6.78. The minimum atomic E-state index is -0.324. The van der Waals surface area contributed by atoms with E-state index in [0.717, 1.165) is 29.7 Å². The summed E-state index contributed by atoms with van der Waals surface area (Å²) < 4.78 is 0. The van der Waals surface area contributed by atoms with Crippen LogP contribution in [0, 0.1) is 16.7 Å². The average Bonchev–Trinajstić information content (AvgIpc) is 2.68. The van der Waals surface area contributed by atoms with Crippen molar-refractivity contribution in [3.8, 4) is 0 Å². The number of Topliss-reactive ketones (excluding diaryl/α,β-unsaturated/α-hetero) is 1. The van der Waals surface area contributed by atoms with Crippen molar-refractivity contribution in [3.63, 3.8) is 0 Å². The molecule has 1 aromatic carbocycles. The number of fused-ring (bicyclic) bond motifs is 3. The molecule has 122 valence electrons. The summed E-state index contributed by atoms with van der Waals surface area (Å²) in [6, 6.07) is 6.12. The molecule has 0 saturated heterocycles. The molecule has 3 nitrogen and oxygen atoms in total. The molecule has 2 aliphatic carbocycles. The van der Waals surface area contributed by atoms with Crippen molar-refractivity contribution in [3.05, 3.63) is 29.3 Å². The number of rotatable bonds is 0. The number of hydrogen-bond donors (Lipinski definition) is 0. The van der Waals surface area contributed by atoms with Crippen LogP contribution in [0.5, 0.6) is 0 Å². The van der Waals surface area contributed by atoms with E-state index in [-0.39, 0.29) is 34.5 Å². The van der Waals surface area contributed by atoms with Crippen molar-refractivity contribution in [2.24, 2.45) is 16.7 Å². The third kappa shape index (κ3) is 1.66. The lowest BCUT2D eigenvalue weighted by atomic mass is 9.58. The van der Waals surface area contributed by atoms with Gasteiger partial charge in [0.25, 0.3) is 0 Å². The van der Waals surface area contributed by atoms with Crippen molar-refractivity contribution < 1.29 is 9.59 Å². The molecule has 0 aromatic heterocycles. The molecule has 4 rings (SSSR count). The summed E-state index contributed by atoms with van der Waals surface area (Å²) in [5, 5.41) is 0. The van der Waals surface area contributed by atoms with Crippen LogP contribution in [0.3, 0.4) is 0 Å². The van der Waals surface area contributed by atoms with Gasteiger partial charge in [-0.25, -0.2) is 0 Å². The number of likely N-dealkylation sites (N-methyl/N-ethyl adjacent to an activating group) is 1. The van der Waals surface area contributed by atoms with E-state index in [1.807, 2.05) is 19.2 Å². The molecule has 1 saturated carbocycles. The summed E-state index contributed by atoms with van der Waals surface area (Å²) in [6.45, 7) is 8.66. The standard InChI is InChI=1S/C20H25NO2/c1-19(2)10-9-12-17(22)15(19)11-7-6-8-13-14(11)16(20(12,3)4)18(23)21(13)5/h6-8,12,15-16H,9-10H2,1-5H3/t12-,15-,16+/m1/s1. The highest BCUT2D eigenvalue weighted by Gasteiger charge is 2.59. The number of carbonyl (C=O) groups excluding carboxylic acids is 2. The van der Waals surface area contributed by atoms with Gasteiger partial charge in [-0.05, 0) is 40.9 Å². The second kappa shape index (κ2) is 4.25. The summed E-state index contributed by atoms with van der Waals surface area (Å²) in [7, 11) is 1.87. The zero-order valence-corrected chi connectivity index (χ0v) is 14.6. The number of nitrogens with zero attached hydrogens (tertiary/aromatic N) is 1. The van der Waals surface area contributed by atoms with Crippen LogP contribution in [-0.2, 0) is 9.59 Å². The Kier molecular flexibility index (Phi) is 2.76. The Bertz CT molecular complexity index is 731. The first-order valence-corrected chi connectivity index (χ1v) is 8.62. The van der Waals surface area contributed by atoms with E-state index in [2.05, 4.69) is 33.8 Å². The molecule has 2 bridgehead atoms.